The molecular weight excluding hydrogens is 264 g/mol. The Hall–Kier alpha value is -1.19. The molecule has 1 N–H and O–H groups in total. The highest BCUT2D eigenvalue weighted by Gasteiger charge is 2.15. The van der Waals surface area contributed by atoms with Crippen molar-refractivity contribution < 1.29 is 0 Å². The standard InChI is InChI=1S/C17H24N2S/c1-12(10-11-16-8-6-5-7-9-16)18-13(2)17-14(3)20-15(4)19-17/h5-9,12-13,18H,10-11H2,1-4H3. The number of nitrogens with zero attached hydrogens (tertiary/aromatic N) is 1. The maximum atomic E-state index is 4.64. The van der Waals surface area contributed by atoms with Crippen LogP contribution in [0.25, 0.3) is 0 Å². The molecule has 0 aliphatic rings. The summed E-state index contributed by atoms with van der Waals surface area (Å²) in [6.07, 6.45) is 2.27. The fourth-order valence-corrected chi connectivity index (χ4v) is 3.48. The molecule has 2 rings (SSSR count). The van der Waals surface area contributed by atoms with Gasteiger partial charge in [-0.15, -0.1) is 11.3 Å². The van der Waals surface area contributed by atoms with Crippen molar-refractivity contribution in [3.8, 4) is 0 Å². The molecule has 2 nitrogen and oxygen atoms in total. The van der Waals surface area contributed by atoms with Crippen LogP contribution in [0.5, 0.6) is 0 Å². The normalized spacial score (nSPS) is 14.2. The maximum absolute atomic E-state index is 4.64. The minimum atomic E-state index is 0.325. The molecule has 0 spiro atoms. The van der Waals surface area contributed by atoms with Gasteiger partial charge in [0.1, 0.15) is 0 Å². The van der Waals surface area contributed by atoms with Gasteiger partial charge in [0, 0.05) is 17.0 Å². The smallest absolute Gasteiger partial charge is 0.0900 e. The van der Waals surface area contributed by atoms with Gasteiger partial charge in [-0.3, -0.25) is 0 Å². The number of hydrogen-bond donors (Lipinski definition) is 1. The van der Waals surface area contributed by atoms with Crippen molar-refractivity contribution >= 4 is 11.3 Å². The van der Waals surface area contributed by atoms with Crippen LogP contribution in [0.1, 0.15) is 47.5 Å². The summed E-state index contributed by atoms with van der Waals surface area (Å²) in [7, 11) is 0. The number of aryl methyl sites for hydroxylation is 3. The Balaban J connectivity index is 1.85. The Kier molecular flexibility index (Phi) is 5.32. The summed E-state index contributed by atoms with van der Waals surface area (Å²) in [5.74, 6) is 0. The lowest BCUT2D eigenvalue weighted by Gasteiger charge is -2.19. The van der Waals surface area contributed by atoms with E-state index in [-0.39, 0.29) is 0 Å². The van der Waals surface area contributed by atoms with Crippen LogP contribution >= 0.6 is 11.3 Å². The van der Waals surface area contributed by atoms with Gasteiger partial charge in [0.2, 0.25) is 0 Å². The summed E-state index contributed by atoms with van der Waals surface area (Å²) in [5.41, 5.74) is 2.62. The zero-order valence-corrected chi connectivity index (χ0v) is 13.6. The Morgan fingerprint density at radius 1 is 1.15 bits per heavy atom. The highest BCUT2D eigenvalue weighted by molar-refractivity contribution is 7.11. The zero-order valence-electron chi connectivity index (χ0n) is 12.8. The van der Waals surface area contributed by atoms with Gasteiger partial charge in [-0.2, -0.15) is 0 Å². The molecular formula is C17H24N2S. The predicted octanol–water partition coefficient (Wildman–Crippen LogP) is 4.43. The number of hydrogen-bond acceptors (Lipinski definition) is 3. The quantitative estimate of drug-likeness (QED) is 0.850. The Labute approximate surface area is 126 Å². The predicted molar refractivity (Wildman–Crippen MR) is 87.4 cm³/mol. The van der Waals surface area contributed by atoms with E-state index in [1.54, 1.807) is 11.3 Å². The van der Waals surface area contributed by atoms with Gasteiger partial charge >= 0.3 is 0 Å². The lowest BCUT2D eigenvalue weighted by molar-refractivity contribution is 0.450. The molecule has 0 radical (unpaired) electrons. The van der Waals surface area contributed by atoms with Crippen LogP contribution in [0.4, 0.5) is 0 Å². The average Bonchev–Trinajstić information content (AvgIpc) is 2.77. The molecule has 1 aromatic carbocycles. The third-order valence-corrected chi connectivity index (χ3v) is 4.49. The third-order valence-electron chi connectivity index (χ3n) is 3.59. The molecule has 0 amide bonds. The van der Waals surface area contributed by atoms with Crippen LogP contribution in [-0.2, 0) is 6.42 Å². The van der Waals surface area contributed by atoms with E-state index in [0.29, 0.717) is 12.1 Å². The molecule has 1 heterocycles. The van der Waals surface area contributed by atoms with Crippen molar-refractivity contribution in [3.05, 3.63) is 51.5 Å². The van der Waals surface area contributed by atoms with E-state index in [9.17, 15) is 0 Å². The molecule has 1 aromatic heterocycles. The van der Waals surface area contributed by atoms with Crippen molar-refractivity contribution in [1.82, 2.24) is 10.3 Å². The minimum absolute atomic E-state index is 0.325. The number of benzene rings is 1. The molecule has 0 aliphatic carbocycles. The molecule has 3 heteroatoms. The van der Waals surface area contributed by atoms with Gasteiger partial charge in [-0.25, -0.2) is 4.98 Å². The van der Waals surface area contributed by atoms with Crippen LogP contribution in [-0.4, -0.2) is 11.0 Å². The van der Waals surface area contributed by atoms with Crippen LogP contribution in [0, 0.1) is 13.8 Å². The van der Waals surface area contributed by atoms with Gasteiger partial charge in [-0.1, -0.05) is 30.3 Å². The van der Waals surface area contributed by atoms with Gasteiger partial charge in [-0.05, 0) is 46.1 Å². The first kappa shape index (κ1) is 15.2. The molecule has 0 fully saturated rings. The number of thiazole rings is 1. The van der Waals surface area contributed by atoms with Gasteiger partial charge in [0.05, 0.1) is 10.7 Å². The van der Waals surface area contributed by atoms with Gasteiger partial charge in [0.25, 0.3) is 0 Å². The summed E-state index contributed by atoms with van der Waals surface area (Å²) in [5, 5.41) is 4.82. The highest BCUT2D eigenvalue weighted by atomic mass is 32.1. The zero-order chi connectivity index (χ0) is 14.5. The molecule has 2 aromatic rings. The summed E-state index contributed by atoms with van der Waals surface area (Å²) in [4.78, 5) is 5.97. The van der Waals surface area contributed by atoms with Crippen LogP contribution in [0.15, 0.2) is 30.3 Å². The second-order valence-corrected chi connectivity index (χ2v) is 6.90. The average molecular weight is 288 g/mol. The van der Waals surface area contributed by atoms with Crippen molar-refractivity contribution in [1.29, 1.82) is 0 Å². The molecule has 2 atom stereocenters. The Bertz CT molecular complexity index is 533. The van der Waals surface area contributed by atoms with E-state index in [1.807, 2.05) is 0 Å². The molecule has 2 unspecified atom stereocenters. The second kappa shape index (κ2) is 7.00. The van der Waals surface area contributed by atoms with E-state index >= 15 is 0 Å². The first-order chi connectivity index (χ1) is 9.56. The van der Waals surface area contributed by atoms with E-state index in [4.69, 9.17) is 0 Å². The summed E-state index contributed by atoms with van der Waals surface area (Å²) in [6.45, 7) is 8.70. The highest BCUT2D eigenvalue weighted by Crippen LogP contribution is 2.23. The Morgan fingerprint density at radius 3 is 2.45 bits per heavy atom. The van der Waals surface area contributed by atoms with Crippen LogP contribution in [0.2, 0.25) is 0 Å². The van der Waals surface area contributed by atoms with E-state index in [2.05, 4.69) is 68.3 Å². The molecule has 20 heavy (non-hydrogen) atoms. The molecule has 0 saturated carbocycles. The number of nitrogens with one attached hydrogen (secondary N) is 1. The monoisotopic (exact) mass is 288 g/mol. The second-order valence-electron chi connectivity index (χ2n) is 5.49. The van der Waals surface area contributed by atoms with Gasteiger partial charge < -0.3 is 5.32 Å². The Morgan fingerprint density at radius 2 is 1.85 bits per heavy atom. The van der Waals surface area contributed by atoms with E-state index in [0.717, 1.165) is 17.8 Å². The van der Waals surface area contributed by atoms with Crippen LogP contribution in [0.3, 0.4) is 0 Å². The van der Waals surface area contributed by atoms with Crippen LogP contribution < -0.4 is 5.32 Å². The SMILES string of the molecule is Cc1nc(C(C)NC(C)CCc2ccccc2)c(C)s1. The van der Waals surface area contributed by atoms with Crippen molar-refractivity contribution in [3.63, 3.8) is 0 Å². The van der Waals surface area contributed by atoms with E-state index in [1.165, 1.54) is 16.1 Å². The maximum Gasteiger partial charge on any atom is 0.0900 e. The molecule has 108 valence electrons. The fraction of sp³-hybridized carbons (Fsp3) is 0.471. The fourth-order valence-electron chi connectivity index (χ4n) is 2.56. The minimum Gasteiger partial charge on any atom is -0.306 e. The molecule has 0 aliphatic heterocycles. The lowest BCUT2D eigenvalue weighted by Crippen LogP contribution is -2.29. The summed E-state index contributed by atoms with van der Waals surface area (Å²) >= 11 is 1.78. The number of aromatic nitrogens is 1. The van der Waals surface area contributed by atoms with Crippen molar-refractivity contribution in [2.24, 2.45) is 0 Å². The van der Waals surface area contributed by atoms with Crippen molar-refractivity contribution in [2.45, 2.75) is 52.6 Å². The van der Waals surface area contributed by atoms with E-state index < -0.39 is 0 Å². The van der Waals surface area contributed by atoms with Crippen molar-refractivity contribution in [2.75, 3.05) is 0 Å². The molecule has 0 bridgehead atoms. The first-order valence-corrected chi connectivity index (χ1v) is 8.12. The summed E-state index contributed by atoms with van der Waals surface area (Å²) in [6, 6.07) is 11.5. The lowest BCUT2D eigenvalue weighted by atomic mass is 10.1. The van der Waals surface area contributed by atoms with Gasteiger partial charge in [0.15, 0.2) is 0 Å². The number of rotatable bonds is 6. The molecule has 0 saturated heterocycles. The largest absolute Gasteiger partial charge is 0.306 e. The topological polar surface area (TPSA) is 24.9 Å². The first-order valence-electron chi connectivity index (χ1n) is 7.30. The third kappa shape index (κ3) is 4.15. The summed E-state index contributed by atoms with van der Waals surface area (Å²) < 4.78 is 0.